The first-order valence-electron chi connectivity index (χ1n) is 5.08. The summed E-state index contributed by atoms with van der Waals surface area (Å²) >= 11 is 0.967. The molecule has 5 nitrogen and oxygen atoms in total. The Hall–Kier alpha value is -1.43. The van der Waals surface area contributed by atoms with E-state index in [4.69, 9.17) is 0 Å². The smallest absolute Gasteiger partial charge is 0.324 e. The molecule has 0 aromatic carbocycles. The van der Waals surface area contributed by atoms with Gasteiger partial charge in [0.15, 0.2) is 0 Å². The first kappa shape index (κ1) is 12.6. The van der Waals surface area contributed by atoms with Crippen molar-refractivity contribution in [3.8, 4) is 0 Å². The summed E-state index contributed by atoms with van der Waals surface area (Å²) in [6.45, 7) is 3.96. The fourth-order valence-electron chi connectivity index (χ4n) is 1.35. The van der Waals surface area contributed by atoms with Crippen molar-refractivity contribution in [2.45, 2.75) is 32.7 Å². The van der Waals surface area contributed by atoms with Crippen LogP contribution >= 0.6 is 11.3 Å². The van der Waals surface area contributed by atoms with Gasteiger partial charge in [-0.25, -0.2) is 0 Å². The highest BCUT2D eigenvalue weighted by Gasteiger charge is 2.15. The van der Waals surface area contributed by atoms with E-state index in [1.807, 2.05) is 13.8 Å². The van der Waals surface area contributed by atoms with Crippen molar-refractivity contribution in [2.24, 2.45) is 0 Å². The Morgan fingerprint density at radius 2 is 2.38 bits per heavy atom. The number of carbonyl (C=O) groups is 1. The maximum atomic E-state index is 11.6. The van der Waals surface area contributed by atoms with E-state index >= 15 is 0 Å². The van der Waals surface area contributed by atoms with Gasteiger partial charge in [0.2, 0.25) is 0 Å². The Balaban J connectivity index is 2.62. The second-order valence-electron chi connectivity index (χ2n) is 3.59. The van der Waals surface area contributed by atoms with Crippen molar-refractivity contribution in [3.05, 3.63) is 27.1 Å². The zero-order chi connectivity index (χ0) is 12.1. The summed E-state index contributed by atoms with van der Waals surface area (Å²) in [4.78, 5) is 21.6. The largest absolute Gasteiger partial charge is 0.350 e. The predicted octanol–water partition coefficient (Wildman–Crippen LogP) is 2.57. The van der Waals surface area contributed by atoms with Gasteiger partial charge in [0.1, 0.15) is 0 Å². The molecule has 1 N–H and O–H groups in total. The van der Waals surface area contributed by atoms with Gasteiger partial charge in [0, 0.05) is 17.5 Å². The molecule has 0 aliphatic heterocycles. The van der Waals surface area contributed by atoms with Gasteiger partial charge < -0.3 is 5.32 Å². The molecule has 0 spiro atoms. The van der Waals surface area contributed by atoms with E-state index in [-0.39, 0.29) is 17.0 Å². The van der Waals surface area contributed by atoms with E-state index in [1.165, 1.54) is 11.4 Å². The number of nitrogens with zero attached hydrogens (tertiary/aromatic N) is 1. The van der Waals surface area contributed by atoms with Crippen LogP contribution < -0.4 is 5.32 Å². The third-order valence-corrected chi connectivity index (χ3v) is 3.01. The molecule has 1 heterocycles. The van der Waals surface area contributed by atoms with E-state index in [0.29, 0.717) is 5.56 Å². The molecule has 0 radical (unpaired) electrons. The SMILES string of the molecule is CCC[C@H](C)NC(=O)c1csc([N+](=O)[O-])c1. The number of carbonyl (C=O) groups excluding carboxylic acids is 1. The molecule has 1 rings (SSSR count). The molecule has 1 aromatic rings. The van der Waals surface area contributed by atoms with Gasteiger partial charge in [-0.3, -0.25) is 14.9 Å². The van der Waals surface area contributed by atoms with Gasteiger partial charge in [-0.15, -0.1) is 0 Å². The molecule has 0 saturated heterocycles. The lowest BCUT2D eigenvalue weighted by atomic mass is 10.2. The summed E-state index contributed by atoms with van der Waals surface area (Å²) in [7, 11) is 0. The summed E-state index contributed by atoms with van der Waals surface area (Å²) in [5, 5.41) is 14.7. The van der Waals surface area contributed by atoms with Crippen LogP contribution in [0.15, 0.2) is 11.4 Å². The van der Waals surface area contributed by atoms with Gasteiger partial charge in [-0.2, -0.15) is 0 Å². The number of thiophene rings is 1. The third kappa shape index (κ3) is 3.30. The van der Waals surface area contributed by atoms with E-state index < -0.39 is 4.92 Å². The summed E-state index contributed by atoms with van der Waals surface area (Å²) in [6, 6.07) is 1.40. The summed E-state index contributed by atoms with van der Waals surface area (Å²) < 4.78 is 0. The zero-order valence-corrected chi connectivity index (χ0v) is 10.0. The number of amides is 1. The average molecular weight is 242 g/mol. The molecule has 0 aliphatic rings. The molecule has 1 atom stereocenters. The Labute approximate surface area is 97.6 Å². The highest BCUT2D eigenvalue weighted by atomic mass is 32.1. The zero-order valence-electron chi connectivity index (χ0n) is 9.23. The molecule has 0 saturated carbocycles. The van der Waals surface area contributed by atoms with Crippen LogP contribution in [-0.2, 0) is 0 Å². The van der Waals surface area contributed by atoms with Crippen LogP contribution in [0.25, 0.3) is 0 Å². The van der Waals surface area contributed by atoms with Crippen LogP contribution in [-0.4, -0.2) is 16.9 Å². The van der Waals surface area contributed by atoms with E-state index in [2.05, 4.69) is 5.32 Å². The first-order valence-corrected chi connectivity index (χ1v) is 5.96. The molecule has 88 valence electrons. The molecular weight excluding hydrogens is 228 g/mol. The van der Waals surface area contributed by atoms with Crippen molar-refractivity contribution in [1.29, 1.82) is 0 Å². The quantitative estimate of drug-likeness (QED) is 0.637. The number of rotatable bonds is 5. The summed E-state index contributed by atoms with van der Waals surface area (Å²) in [5.41, 5.74) is 0.361. The minimum Gasteiger partial charge on any atom is -0.350 e. The van der Waals surface area contributed by atoms with Crippen LogP contribution in [0.1, 0.15) is 37.0 Å². The van der Waals surface area contributed by atoms with Gasteiger partial charge in [0.25, 0.3) is 5.91 Å². The van der Waals surface area contributed by atoms with E-state index in [0.717, 1.165) is 24.2 Å². The molecule has 0 aliphatic carbocycles. The fourth-order valence-corrected chi connectivity index (χ4v) is 2.06. The number of hydrogen-bond donors (Lipinski definition) is 1. The van der Waals surface area contributed by atoms with Crippen LogP contribution in [0.5, 0.6) is 0 Å². The van der Waals surface area contributed by atoms with E-state index in [9.17, 15) is 14.9 Å². The lowest BCUT2D eigenvalue weighted by molar-refractivity contribution is -0.380. The molecule has 16 heavy (non-hydrogen) atoms. The Bertz CT molecular complexity index is 389. The second kappa shape index (κ2) is 5.60. The number of nitrogens with one attached hydrogen (secondary N) is 1. The minimum absolute atomic E-state index is 0.00621. The van der Waals surface area contributed by atoms with Gasteiger partial charge in [0.05, 0.1) is 10.5 Å². The molecule has 0 bridgehead atoms. The minimum atomic E-state index is -0.489. The predicted molar refractivity (Wildman–Crippen MR) is 62.8 cm³/mol. The molecule has 1 amide bonds. The Morgan fingerprint density at radius 1 is 1.69 bits per heavy atom. The van der Waals surface area contributed by atoms with Crippen LogP contribution in [0.3, 0.4) is 0 Å². The third-order valence-electron chi connectivity index (χ3n) is 2.13. The Kier molecular flexibility index (Phi) is 4.42. The van der Waals surface area contributed by atoms with Crippen molar-refractivity contribution in [2.75, 3.05) is 0 Å². The van der Waals surface area contributed by atoms with Crippen molar-refractivity contribution in [3.63, 3.8) is 0 Å². The van der Waals surface area contributed by atoms with Crippen LogP contribution in [0.2, 0.25) is 0 Å². The molecular formula is C10H14N2O3S. The summed E-state index contributed by atoms with van der Waals surface area (Å²) in [5.74, 6) is -0.245. The fraction of sp³-hybridized carbons (Fsp3) is 0.500. The van der Waals surface area contributed by atoms with Crippen molar-refractivity contribution < 1.29 is 9.72 Å². The van der Waals surface area contributed by atoms with Crippen molar-refractivity contribution in [1.82, 2.24) is 5.32 Å². The average Bonchev–Trinajstić information content (AvgIpc) is 2.66. The topological polar surface area (TPSA) is 72.2 Å². The lowest BCUT2D eigenvalue weighted by Gasteiger charge is -2.11. The highest BCUT2D eigenvalue weighted by molar-refractivity contribution is 7.13. The molecule has 6 heteroatoms. The van der Waals surface area contributed by atoms with Gasteiger partial charge in [-0.1, -0.05) is 24.7 Å². The standard InChI is InChI=1S/C10H14N2O3S/c1-3-4-7(2)11-10(13)8-5-9(12(14)15)16-6-8/h5-7H,3-4H2,1-2H3,(H,11,13)/t7-/m0/s1. The maximum absolute atomic E-state index is 11.6. The highest BCUT2D eigenvalue weighted by Crippen LogP contribution is 2.22. The summed E-state index contributed by atoms with van der Waals surface area (Å²) in [6.07, 6.45) is 1.89. The normalized spacial score (nSPS) is 12.1. The molecule has 0 unspecified atom stereocenters. The van der Waals surface area contributed by atoms with E-state index in [1.54, 1.807) is 0 Å². The van der Waals surface area contributed by atoms with Gasteiger partial charge in [-0.05, 0) is 13.3 Å². The first-order chi connectivity index (χ1) is 7.54. The van der Waals surface area contributed by atoms with Gasteiger partial charge >= 0.3 is 5.00 Å². The Morgan fingerprint density at radius 3 is 2.88 bits per heavy atom. The van der Waals surface area contributed by atoms with Crippen LogP contribution in [0, 0.1) is 10.1 Å². The number of nitro groups is 1. The van der Waals surface area contributed by atoms with Crippen molar-refractivity contribution >= 4 is 22.2 Å². The lowest BCUT2D eigenvalue weighted by Crippen LogP contribution is -2.32. The van der Waals surface area contributed by atoms with Crippen LogP contribution in [0.4, 0.5) is 5.00 Å². The molecule has 0 fully saturated rings. The molecule has 1 aromatic heterocycles. The maximum Gasteiger partial charge on any atom is 0.324 e. The second-order valence-corrected chi connectivity index (χ2v) is 4.48. The monoisotopic (exact) mass is 242 g/mol. The number of hydrogen-bond acceptors (Lipinski definition) is 4.